The van der Waals surface area contributed by atoms with Crippen LogP contribution in [0.5, 0.6) is 0 Å². The van der Waals surface area contributed by atoms with E-state index in [-0.39, 0.29) is 5.91 Å². The summed E-state index contributed by atoms with van der Waals surface area (Å²) >= 11 is 2.97. The van der Waals surface area contributed by atoms with Gasteiger partial charge in [-0.05, 0) is 40.8 Å². The first-order chi connectivity index (χ1) is 14.7. The van der Waals surface area contributed by atoms with E-state index >= 15 is 0 Å². The highest BCUT2D eigenvalue weighted by molar-refractivity contribution is 7.21. The van der Waals surface area contributed by atoms with Crippen LogP contribution in [0.3, 0.4) is 0 Å². The number of pyridine rings is 1. The Balaban J connectivity index is 1.68. The number of hydrogen-bond donors (Lipinski definition) is 2. The number of carbonyl (C=O) groups is 1. The summed E-state index contributed by atoms with van der Waals surface area (Å²) in [5, 5.41) is 5.78. The molecule has 0 spiro atoms. The molecule has 0 bridgehead atoms. The normalized spacial score (nSPS) is 10.9. The van der Waals surface area contributed by atoms with Gasteiger partial charge in [0, 0.05) is 11.1 Å². The van der Waals surface area contributed by atoms with Crippen LogP contribution >= 0.6 is 22.7 Å². The summed E-state index contributed by atoms with van der Waals surface area (Å²) in [6.45, 7) is 0. The lowest BCUT2D eigenvalue weighted by Crippen LogP contribution is -2.11. The standard InChI is InChI=1S/C24H17N3OS2/c25-21-20-17(15-8-3-1-4-9-15)14-18(19-12-7-13-29-19)27-24(20)30-22(21)23(28)26-16-10-5-2-6-11-16/h1-14H,25H2,(H,26,28). The number of para-hydroxylation sites is 1. The van der Waals surface area contributed by atoms with E-state index in [0.717, 1.165) is 37.6 Å². The molecule has 3 heterocycles. The molecule has 0 unspecified atom stereocenters. The molecule has 2 aromatic carbocycles. The molecule has 0 saturated carbocycles. The van der Waals surface area contributed by atoms with Crippen LogP contribution in [-0.4, -0.2) is 10.9 Å². The number of nitrogens with one attached hydrogen (secondary N) is 1. The zero-order valence-corrected chi connectivity index (χ0v) is 17.5. The van der Waals surface area contributed by atoms with Crippen molar-refractivity contribution in [3.05, 3.63) is 89.1 Å². The minimum Gasteiger partial charge on any atom is -0.397 e. The lowest BCUT2D eigenvalue weighted by molar-refractivity contribution is 0.103. The van der Waals surface area contributed by atoms with Crippen molar-refractivity contribution >= 4 is 50.2 Å². The molecule has 3 aromatic heterocycles. The molecule has 0 aliphatic heterocycles. The molecule has 0 fully saturated rings. The predicted molar refractivity (Wildman–Crippen MR) is 127 cm³/mol. The molecule has 6 heteroatoms. The van der Waals surface area contributed by atoms with Gasteiger partial charge < -0.3 is 11.1 Å². The molecule has 30 heavy (non-hydrogen) atoms. The molecule has 0 radical (unpaired) electrons. The number of hydrogen-bond acceptors (Lipinski definition) is 5. The van der Waals surface area contributed by atoms with E-state index in [0.29, 0.717) is 10.6 Å². The number of rotatable bonds is 4. The van der Waals surface area contributed by atoms with Crippen molar-refractivity contribution in [2.75, 3.05) is 11.1 Å². The molecule has 0 aliphatic carbocycles. The maximum absolute atomic E-state index is 13.0. The number of nitrogens with zero attached hydrogens (tertiary/aromatic N) is 1. The Hall–Kier alpha value is -3.48. The fourth-order valence-electron chi connectivity index (χ4n) is 3.39. The fourth-order valence-corrected chi connectivity index (χ4v) is 5.10. The molecule has 1 amide bonds. The van der Waals surface area contributed by atoms with E-state index < -0.39 is 0 Å². The van der Waals surface area contributed by atoms with Gasteiger partial charge in [-0.1, -0.05) is 54.6 Å². The summed E-state index contributed by atoms with van der Waals surface area (Å²) < 4.78 is 0. The smallest absolute Gasteiger partial charge is 0.267 e. The van der Waals surface area contributed by atoms with Crippen molar-refractivity contribution in [2.45, 2.75) is 0 Å². The highest BCUT2D eigenvalue weighted by Crippen LogP contribution is 2.42. The summed E-state index contributed by atoms with van der Waals surface area (Å²) in [5.74, 6) is -0.224. The van der Waals surface area contributed by atoms with Crippen molar-refractivity contribution < 1.29 is 4.79 Å². The van der Waals surface area contributed by atoms with Crippen LogP contribution in [0.15, 0.2) is 84.2 Å². The van der Waals surface area contributed by atoms with Crippen molar-refractivity contribution in [2.24, 2.45) is 0 Å². The summed E-state index contributed by atoms with van der Waals surface area (Å²) in [6.07, 6.45) is 0. The Morgan fingerprint density at radius 1 is 0.933 bits per heavy atom. The van der Waals surface area contributed by atoms with Crippen LogP contribution in [0, 0.1) is 0 Å². The molecular weight excluding hydrogens is 410 g/mol. The van der Waals surface area contributed by atoms with E-state index in [1.54, 1.807) is 11.3 Å². The number of amides is 1. The second kappa shape index (κ2) is 7.74. The Bertz CT molecular complexity index is 1330. The topological polar surface area (TPSA) is 68.0 Å². The summed E-state index contributed by atoms with van der Waals surface area (Å²) in [7, 11) is 0. The monoisotopic (exact) mass is 427 g/mol. The first kappa shape index (κ1) is 18.5. The summed E-state index contributed by atoms with van der Waals surface area (Å²) in [4.78, 5) is 20.1. The number of anilines is 2. The van der Waals surface area contributed by atoms with Crippen LogP contribution in [0.4, 0.5) is 11.4 Å². The van der Waals surface area contributed by atoms with Gasteiger partial charge in [-0.15, -0.1) is 22.7 Å². The lowest BCUT2D eigenvalue weighted by atomic mass is 10.0. The SMILES string of the molecule is Nc1c(C(=O)Nc2ccccc2)sc2nc(-c3cccs3)cc(-c3ccccc3)c12. The predicted octanol–water partition coefficient (Wildman–Crippen LogP) is 6.53. The first-order valence-corrected chi connectivity index (χ1v) is 11.1. The molecule has 146 valence electrons. The number of nitrogens with two attached hydrogens (primary N) is 1. The largest absolute Gasteiger partial charge is 0.397 e. The minimum absolute atomic E-state index is 0.224. The van der Waals surface area contributed by atoms with Gasteiger partial charge in [-0.3, -0.25) is 4.79 Å². The molecule has 0 atom stereocenters. The molecule has 0 saturated heterocycles. The van der Waals surface area contributed by atoms with Crippen LogP contribution in [0.1, 0.15) is 9.67 Å². The van der Waals surface area contributed by atoms with E-state index in [1.165, 1.54) is 11.3 Å². The van der Waals surface area contributed by atoms with Gasteiger partial charge in [-0.2, -0.15) is 0 Å². The average Bonchev–Trinajstić information content (AvgIpc) is 3.43. The van der Waals surface area contributed by atoms with E-state index in [1.807, 2.05) is 78.2 Å². The number of thiophene rings is 2. The number of aromatic nitrogens is 1. The molecule has 5 aromatic rings. The number of fused-ring (bicyclic) bond motifs is 1. The minimum atomic E-state index is -0.224. The molecule has 5 rings (SSSR count). The molecule has 3 N–H and O–H groups in total. The van der Waals surface area contributed by atoms with Crippen LogP contribution in [0.2, 0.25) is 0 Å². The highest BCUT2D eigenvalue weighted by atomic mass is 32.1. The first-order valence-electron chi connectivity index (χ1n) is 9.39. The van der Waals surface area contributed by atoms with Gasteiger partial charge in [0.2, 0.25) is 0 Å². The third kappa shape index (κ3) is 3.36. The zero-order valence-electron chi connectivity index (χ0n) is 15.8. The van der Waals surface area contributed by atoms with Crippen molar-refractivity contribution in [1.29, 1.82) is 0 Å². The Morgan fingerprint density at radius 2 is 1.67 bits per heavy atom. The third-order valence-corrected chi connectivity index (χ3v) is 6.79. The number of carbonyl (C=O) groups excluding carboxylic acids is 1. The van der Waals surface area contributed by atoms with Crippen LogP contribution in [0.25, 0.3) is 31.9 Å². The second-order valence-electron chi connectivity index (χ2n) is 6.74. The van der Waals surface area contributed by atoms with E-state index in [2.05, 4.69) is 11.4 Å². The van der Waals surface area contributed by atoms with Crippen molar-refractivity contribution in [3.63, 3.8) is 0 Å². The maximum Gasteiger partial charge on any atom is 0.267 e. The Morgan fingerprint density at radius 3 is 2.37 bits per heavy atom. The van der Waals surface area contributed by atoms with E-state index in [4.69, 9.17) is 10.7 Å². The Kier molecular flexibility index (Phi) is 4.78. The average molecular weight is 428 g/mol. The summed E-state index contributed by atoms with van der Waals surface area (Å²) in [5.41, 5.74) is 10.6. The molecule has 4 nitrogen and oxygen atoms in total. The van der Waals surface area contributed by atoms with Gasteiger partial charge in [0.1, 0.15) is 9.71 Å². The maximum atomic E-state index is 13.0. The second-order valence-corrected chi connectivity index (χ2v) is 8.69. The van der Waals surface area contributed by atoms with Gasteiger partial charge in [-0.25, -0.2) is 4.98 Å². The fraction of sp³-hybridized carbons (Fsp3) is 0. The number of benzene rings is 2. The molecular formula is C24H17N3OS2. The van der Waals surface area contributed by atoms with Gasteiger partial charge >= 0.3 is 0 Å². The molecule has 0 aliphatic rings. The van der Waals surface area contributed by atoms with Gasteiger partial charge in [0.15, 0.2) is 0 Å². The third-order valence-electron chi connectivity index (χ3n) is 4.80. The Labute approximate surface area is 181 Å². The van der Waals surface area contributed by atoms with Crippen LogP contribution in [-0.2, 0) is 0 Å². The van der Waals surface area contributed by atoms with Gasteiger partial charge in [0.05, 0.1) is 16.3 Å². The number of nitrogen functional groups attached to an aromatic ring is 1. The quantitative estimate of drug-likeness (QED) is 0.343. The lowest BCUT2D eigenvalue weighted by Gasteiger charge is -2.08. The van der Waals surface area contributed by atoms with Crippen molar-refractivity contribution in [1.82, 2.24) is 4.98 Å². The zero-order chi connectivity index (χ0) is 20.5. The summed E-state index contributed by atoms with van der Waals surface area (Å²) in [6, 6.07) is 25.6. The van der Waals surface area contributed by atoms with Gasteiger partial charge in [0.25, 0.3) is 5.91 Å². The highest BCUT2D eigenvalue weighted by Gasteiger charge is 2.21. The van der Waals surface area contributed by atoms with Crippen molar-refractivity contribution in [3.8, 4) is 21.7 Å². The van der Waals surface area contributed by atoms with Crippen LogP contribution < -0.4 is 11.1 Å². The van der Waals surface area contributed by atoms with E-state index in [9.17, 15) is 4.79 Å².